The smallest absolute Gasteiger partial charge is 0.327 e. The summed E-state index contributed by atoms with van der Waals surface area (Å²) >= 11 is 1.51. The van der Waals surface area contributed by atoms with Crippen LogP contribution >= 0.6 is 11.8 Å². The lowest BCUT2D eigenvalue weighted by atomic mass is 9.96. The summed E-state index contributed by atoms with van der Waals surface area (Å²) < 4.78 is 4.99. The van der Waals surface area contributed by atoms with Gasteiger partial charge in [-0.1, -0.05) is 11.8 Å². The quantitative estimate of drug-likeness (QED) is 0.490. The van der Waals surface area contributed by atoms with Crippen LogP contribution < -0.4 is 5.32 Å². The molecule has 0 radical (unpaired) electrons. The second kappa shape index (κ2) is 6.10. The lowest BCUT2D eigenvalue weighted by Gasteiger charge is -2.30. The van der Waals surface area contributed by atoms with E-state index in [1.165, 1.54) is 18.9 Å². The molecule has 0 bridgehead atoms. The molecule has 110 valence electrons. The van der Waals surface area contributed by atoms with Gasteiger partial charge in [0.05, 0.1) is 7.11 Å². The van der Waals surface area contributed by atoms with Gasteiger partial charge in [0.25, 0.3) is 0 Å². The Bertz CT molecular complexity index is 485. The highest BCUT2D eigenvalue weighted by Gasteiger charge is 2.51. The van der Waals surface area contributed by atoms with Gasteiger partial charge in [-0.3, -0.25) is 4.79 Å². The number of carbonyl (C=O) groups excluding carboxylic acids is 1. The van der Waals surface area contributed by atoms with Crippen LogP contribution in [0.25, 0.3) is 0 Å². The fourth-order valence-corrected chi connectivity index (χ4v) is 3.69. The third kappa shape index (κ3) is 3.12. The summed E-state index contributed by atoms with van der Waals surface area (Å²) in [6, 6.07) is 1.94. The molecule has 20 heavy (non-hydrogen) atoms. The van der Waals surface area contributed by atoms with E-state index < -0.39 is 5.54 Å². The van der Waals surface area contributed by atoms with Gasteiger partial charge in [0.1, 0.15) is 5.54 Å². The van der Waals surface area contributed by atoms with E-state index in [0.717, 1.165) is 24.2 Å². The zero-order chi connectivity index (χ0) is 14.8. The Labute approximate surface area is 123 Å². The molecular formula is C14H21N3O2S. The van der Waals surface area contributed by atoms with Gasteiger partial charge in [-0.15, -0.1) is 0 Å². The highest BCUT2D eigenvalue weighted by atomic mass is 32.2. The number of likely N-dealkylation sites (N-methyl/N-ethyl adjacent to an activating group) is 1. The van der Waals surface area contributed by atoms with Crippen LogP contribution in [0.15, 0.2) is 11.2 Å². The highest BCUT2D eigenvalue weighted by molar-refractivity contribution is 7.99. The molecule has 1 fully saturated rings. The summed E-state index contributed by atoms with van der Waals surface area (Å²) in [5.41, 5.74) is 1.26. The van der Waals surface area contributed by atoms with Crippen LogP contribution in [-0.4, -0.2) is 41.4 Å². The van der Waals surface area contributed by atoms with Gasteiger partial charge >= 0.3 is 5.97 Å². The molecule has 0 spiro atoms. The van der Waals surface area contributed by atoms with Crippen LogP contribution in [0.3, 0.4) is 0 Å². The van der Waals surface area contributed by atoms with Crippen LogP contribution in [0, 0.1) is 19.8 Å². The number of hydrogen-bond acceptors (Lipinski definition) is 6. The predicted octanol–water partition coefficient (Wildman–Crippen LogP) is 1.73. The lowest BCUT2D eigenvalue weighted by Crippen LogP contribution is -2.55. The van der Waals surface area contributed by atoms with E-state index >= 15 is 0 Å². The average molecular weight is 295 g/mol. The Morgan fingerprint density at radius 3 is 2.50 bits per heavy atom. The van der Waals surface area contributed by atoms with E-state index in [9.17, 15) is 4.79 Å². The van der Waals surface area contributed by atoms with Crippen molar-refractivity contribution in [1.82, 2.24) is 15.3 Å². The van der Waals surface area contributed by atoms with Crippen LogP contribution in [-0.2, 0) is 9.53 Å². The lowest BCUT2D eigenvalue weighted by molar-refractivity contribution is -0.148. The van der Waals surface area contributed by atoms with E-state index in [1.54, 1.807) is 0 Å². The maximum Gasteiger partial charge on any atom is 0.327 e. The number of esters is 1. The number of aromatic nitrogens is 2. The first-order valence-electron chi connectivity index (χ1n) is 6.74. The van der Waals surface area contributed by atoms with Crippen molar-refractivity contribution >= 4 is 17.7 Å². The minimum absolute atomic E-state index is 0.195. The fraction of sp³-hybridized carbons (Fsp3) is 0.643. The minimum atomic E-state index is -0.625. The fourth-order valence-electron chi connectivity index (χ4n) is 2.42. The van der Waals surface area contributed by atoms with Crippen molar-refractivity contribution in [2.24, 2.45) is 5.92 Å². The second-order valence-electron chi connectivity index (χ2n) is 5.21. The van der Waals surface area contributed by atoms with Crippen molar-refractivity contribution in [3.63, 3.8) is 0 Å². The Morgan fingerprint density at radius 2 is 2.05 bits per heavy atom. The summed E-state index contributed by atoms with van der Waals surface area (Å²) in [5.74, 6) is 0.738. The van der Waals surface area contributed by atoms with Crippen molar-refractivity contribution in [3.8, 4) is 0 Å². The summed E-state index contributed by atoms with van der Waals surface area (Å²) in [5, 5.41) is 3.89. The molecule has 0 aromatic carbocycles. The van der Waals surface area contributed by atoms with Gasteiger partial charge < -0.3 is 10.1 Å². The van der Waals surface area contributed by atoms with E-state index in [-0.39, 0.29) is 5.97 Å². The molecule has 2 rings (SSSR count). The number of thioether (sulfide) groups is 1. The molecule has 1 unspecified atom stereocenters. The van der Waals surface area contributed by atoms with Gasteiger partial charge in [0.15, 0.2) is 5.16 Å². The van der Waals surface area contributed by atoms with Gasteiger partial charge in [0.2, 0.25) is 0 Å². The van der Waals surface area contributed by atoms with Crippen LogP contribution in [0.5, 0.6) is 0 Å². The van der Waals surface area contributed by atoms with Crippen molar-refractivity contribution in [2.75, 3.05) is 19.9 Å². The van der Waals surface area contributed by atoms with Gasteiger partial charge in [-0.2, -0.15) is 0 Å². The second-order valence-corrected chi connectivity index (χ2v) is 6.15. The summed E-state index contributed by atoms with van der Waals surface area (Å²) in [6.45, 7) is 3.90. The number of methoxy groups -OCH3 is 1. The van der Waals surface area contributed by atoms with Gasteiger partial charge in [-0.25, -0.2) is 9.97 Å². The summed E-state index contributed by atoms with van der Waals surface area (Å²) in [6.07, 6.45) is 2.12. The molecule has 1 aromatic heterocycles. The normalized spacial score (nSPS) is 17.6. The first kappa shape index (κ1) is 15.3. The van der Waals surface area contributed by atoms with E-state index in [1.807, 2.05) is 27.0 Å². The number of ether oxygens (including phenoxy) is 1. The molecule has 1 aromatic rings. The number of aryl methyl sites for hydroxylation is 2. The van der Waals surface area contributed by atoms with Crippen molar-refractivity contribution in [2.45, 2.75) is 37.4 Å². The Morgan fingerprint density at radius 1 is 1.45 bits per heavy atom. The van der Waals surface area contributed by atoms with Gasteiger partial charge in [0, 0.05) is 17.1 Å². The molecule has 5 nitrogen and oxygen atoms in total. The largest absolute Gasteiger partial charge is 0.468 e. The monoisotopic (exact) mass is 295 g/mol. The molecule has 0 amide bonds. The number of nitrogens with one attached hydrogen (secondary N) is 1. The number of nitrogens with zero attached hydrogens (tertiary/aromatic N) is 2. The standard InChI is InChI=1S/C14H21N3O2S/c1-9-7-10(2)17-13(16-9)20-8-14(15-3,11-5-6-11)12(18)19-4/h7,11,15H,5-6,8H2,1-4H3. The third-order valence-corrected chi connectivity index (χ3v) is 4.70. The molecule has 1 aliphatic carbocycles. The summed E-state index contributed by atoms with van der Waals surface area (Å²) in [7, 11) is 3.26. The molecule has 1 N–H and O–H groups in total. The SMILES string of the molecule is CNC(CSc1nc(C)cc(C)n1)(C(=O)OC)C1CC1. The number of carbonyl (C=O) groups is 1. The molecule has 1 aliphatic rings. The molecule has 1 saturated carbocycles. The van der Waals surface area contributed by atoms with Crippen LogP contribution in [0.1, 0.15) is 24.2 Å². The predicted molar refractivity (Wildman–Crippen MR) is 78.8 cm³/mol. The highest BCUT2D eigenvalue weighted by Crippen LogP contribution is 2.42. The van der Waals surface area contributed by atoms with Crippen LogP contribution in [0.4, 0.5) is 0 Å². The zero-order valence-electron chi connectivity index (χ0n) is 12.4. The van der Waals surface area contributed by atoms with E-state index in [2.05, 4.69) is 15.3 Å². The maximum atomic E-state index is 12.2. The molecular weight excluding hydrogens is 274 g/mol. The molecule has 0 aliphatic heterocycles. The van der Waals surface area contributed by atoms with Crippen molar-refractivity contribution < 1.29 is 9.53 Å². The molecule has 6 heteroatoms. The molecule has 0 saturated heterocycles. The van der Waals surface area contributed by atoms with E-state index in [4.69, 9.17) is 4.74 Å². The number of rotatable bonds is 6. The Balaban J connectivity index is 2.14. The first-order valence-corrected chi connectivity index (χ1v) is 7.73. The Kier molecular flexibility index (Phi) is 4.65. The van der Waals surface area contributed by atoms with Crippen LogP contribution in [0.2, 0.25) is 0 Å². The average Bonchev–Trinajstić information content (AvgIpc) is 3.23. The maximum absolute atomic E-state index is 12.2. The zero-order valence-corrected chi connectivity index (χ0v) is 13.2. The Hall–Kier alpha value is -1.14. The third-order valence-electron chi connectivity index (χ3n) is 3.66. The van der Waals surface area contributed by atoms with Crippen molar-refractivity contribution in [3.05, 3.63) is 17.5 Å². The summed E-state index contributed by atoms with van der Waals surface area (Å²) in [4.78, 5) is 21.0. The molecule has 1 heterocycles. The number of hydrogen-bond donors (Lipinski definition) is 1. The first-order chi connectivity index (χ1) is 9.51. The molecule has 1 atom stereocenters. The van der Waals surface area contributed by atoms with Crippen molar-refractivity contribution in [1.29, 1.82) is 0 Å². The topological polar surface area (TPSA) is 64.1 Å². The van der Waals surface area contributed by atoms with E-state index in [0.29, 0.717) is 16.8 Å². The van der Waals surface area contributed by atoms with Gasteiger partial charge in [-0.05, 0) is 45.7 Å². The minimum Gasteiger partial charge on any atom is -0.468 e.